The van der Waals surface area contributed by atoms with Gasteiger partial charge in [0.2, 0.25) is 5.91 Å². The van der Waals surface area contributed by atoms with Crippen molar-refractivity contribution in [3.05, 3.63) is 29.3 Å². The van der Waals surface area contributed by atoms with E-state index in [9.17, 15) is 4.79 Å². The molecule has 1 saturated carbocycles. The highest BCUT2D eigenvalue weighted by Gasteiger charge is 2.46. The van der Waals surface area contributed by atoms with Crippen molar-refractivity contribution in [2.75, 3.05) is 5.32 Å². The highest BCUT2D eigenvalue weighted by molar-refractivity contribution is 6.33. The summed E-state index contributed by atoms with van der Waals surface area (Å²) < 4.78 is 0. The van der Waals surface area contributed by atoms with E-state index in [-0.39, 0.29) is 11.8 Å². The number of rotatable bonds is 3. The first-order valence-corrected chi connectivity index (χ1v) is 7.18. The highest BCUT2D eigenvalue weighted by atomic mass is 35.5. The van der Waals surface area contributed by atoms with Gasteiger partial charge in [0.05, 0.1) is 10.7 Å². The predicted octanol–water partition coefficient (Wildman–Crippen LogP) is 3.43. The van der Waals surface area contributed by atoms with E-state index in [0.29, 0.717) is 10.9 Å². The summed E-state index contributed by atoms with van der Waals surface area (Å²) in [5.74, 6) is 0.373. The Hall–Kier alpha value is -1.22. The van der Waals surface area contributed by atoms with Crippen LogP contribution < -0.4 is 11.1 Å². The second kappa shape index (κ2) is 5.41. The van der Waals surface area contributed by atoms with Crippen LogP contribution in [0.1, 0.15) is 33.1 Å². The zero-order chi connectivity index (χ0) is 14.0. The number of anilines is 1. The number of benzene rings is 1. The number of hydrogen-bond acceptors (Lipinski definition) is 2. The van der Waals surface area contributed by atoms with Crippen LogP contribution in [0.2, 0.25) is 5.02 Å². The molecule has 0 bridgehead atoms. The Morgan fingerprint density at radius 3 is 2.74 bits per heavy atom. The van der Waals surface area contributed by atoms with Gasteiger partial charge in [-0.1, -0.05) is 50.4 Å². The third kappa shape index (κ3) is 2.57. The van der Waals surface area contributed by atoms with Crippen LogP contribution in [0, 0.1) is 11.8 Å². The first-order valence-electron chi connectivity index (χ1n) is 6.80. The summed E-state index contributed by atoms with van der Waals surface area (Å²) >= 11 is 6.18. The van der Waals surface area contributed by atoms with E-state index in [1.54, 1.807) is 0 Å². The van der Waals surface area contributed by atoms with Crippen LogP contribution in [0.3, 0.4) is 0 Å². The molecule has 3 atom stereocenters. The largest absolute Gasteiger partial charge is 0.370 e. The van der Waals surface area contributed by atoms with E-state index in [1.165, 1.54) is 0 Å². The monoisotopic (exact) mass is 280 g/mol. The van der Waals surface area contributed by atoms with E-state index >= 15 is 0 Å². The maximum atomic E-state index is 12.1. The number of primary amides is 1. The molecular formula is C15H21ClN2O. The summed E-state index contributed by atoms with van der Waals surface area (Å²) in [5.41, 5.74) is 5.80. The van der Waals surface area contributed by atoms with E-state index < -0.39 is 5.54 Å². The first kappa shape index (κ1) is 14.2. The zero-order valence-corrected chi connectivity index (χ0v) is 12.2. The van der Waals surface area contributed by atoms with Crippen LogP contribution in [-0.4, -0.2) is 11.4 Å². The number of halogens is 1. The van der Waals surface area contributed by atoms with Crippen LogP contribution in [0.5, 0.6) is 0 Å². The molecule has 0 aromatic heterocycles. The Morgan fingerprint density at radius 2 is 2.11 bits per heavy atom. The minimum atomic E-state index is -0.692. The van der Waals surface area contributed by atoms with Gasteiger partial charge in [0.25, 0.3) is 0 Å². The van der Waals surface area contributed by atoms with Crippen LogP contribution in [0.15, 0.2) is 24.3 Å². The molecule has 1 aliphatic carbocycles. The maximum Gasteiger partial charge on any atom is 0.243 e. The Labute approximate surface area is 119 Å². The van der Waals surface area contributed by atoms with Crippen molar-refractivity contribution in [3.63, 3.8) is 0 Å². The Morgan fingerprint density at radius 1 is 1.42 bits per heavy atom. The standard InChI is InChI=1S/C15H21ClN2O/c1-10-6-5-9-15(11(10)2,14(17)19)18-13-8-4-3-7-12(13)16/h3-4,7-8,10-11,18H,5-6,9H2,1-2H3,(H2,17,19). The lowest BCUT2D eigenvalue weighted by atomic mass is 9.67. The molecule has 2 rings (SSSR count). The van der Waals surface area contributed by atoms with Crippen molar-refractivity contribution in [2.24, 2.45) is 17.6 Å². The maximum absolute atomic E-state index is 12.1. The van der Waals surface area contributed by atoms with Crippen LogP contribution in [-0.2, 0) is 4.79 Å². The Kier molecular flexibility index (Phi) is 4.04. The molecule has 3 N–H and O–H groups in total. The predicted molar refractivity (Wildman–Crippen MR) is 79.2 cm³/mol. The van der Waals surface area contributed by atoms with Crippen LogP contribution >= 0.6 is 11.6 Å². The van der Waals surface area contributed by atoms with Gasteiger partial charge in [0, 0.05) is 0 Å². The summed E-state index contributed by atoms with van der Waals surface area (Å²) in [6, 6.07) is 7.48. The summed E-state index contributed by atoms with van der Waals surface area (Å²) in [5, 5.41) is 3.95. The first-order chi connectivity index (χ1) is 8.97. The second-order valence-corrected chi connectivity index (χ2v) is 6.01. The van der Waals surface area contributed by atoms with Gasteiger partial charge in [-0.25, -0.2) is 0 Å². The van der Waals surface area contributed by atoms with Crippen LogP contribution in [0.25, 0.3) is 0 Å². The van der Waals surface area contributed by atoms with Crippen molar-refractivity contribution in [1.29, 1.82) is 0 Å². The number of amides is 1. The van der Waals surface area contributed by atoms with Crippen molar-refractivity contribution in [2.45, 2.75) is 38.6 Å². The summed E-state index contributed by atoms with van der Waals surface area (Å²) in [4.78, 5) is 12.1. The van der Waals surface area contributed by atoms with Crippen molar-refractivity contribution >= 4 is 23.2 Å². The fourth-order valence-corrected chi connectivity index (χ4v) is 3.24. The molecule has 1 fully saturated rings. The van der Waals surface area contributed by atoms with E-state index in [1.807, 2.05) is 24.3 Å². The topological polar surface area (TPSA) is 55.1 Å². The fourth-order valence-electron chi connectivity index (χ4n) is 3.05. The molecule has 1 aromatic rings. The summed E-state index contributed by atoms with van der Waals surface area (Å²) in [6.45, 7) is 4.27. The van der Waals surface area contributed by atoms with E-state index in [0.717, 1.165) is 24.9 Å². The van der Waals surface area contributed by atoms with Gasteiger partial charge < -0.3 is 11.1 Å². The Bertz CT molecular complexity index is 477. The van der Waals surface area contributed by atoms with E-state index in [2.05, 4.69) is 19.2 Å². The van der Waals surface area contributed by atoms with Gasteiger partial charge in [-0.15, -0.1) is 0 Å². The van der Waals surface area contributed by atoms with Crippen LogP contribution in [0.4, 0.5) is 5.69 Å². The highest BCUT2D eigenvalue weighted by Crippen LogP contribution is 2.40. The van der Waals surface area contributed by atoms with Gasteiger partial charge in [-0.3, -0.25) is 4.79 Å². The second-order valence-electron chi connectivity index (χ2n) is 5.60. The molecular weight excluding hydrogens is 260 g/mol. The minimum Gasteiger partial charge on any atom is -0.370 e. The molecule has 1 aliphatic rings. The third-order valence-electron chi connectivity index (χ3n) is 4.53. The summed E-state index contributed by atoms with van der Waals surface area (Å²) in [7, 11) is 0. The van der Waals surface area contributed by atoms with Crippen molar-refractivity contribution in [3.8, 4) is 0 Å². The number of hydrogen-bond donors (Lipinski definition) is 2. The summed E-state index contributed by atoms with van der Waals surface area (Å²) in [6.07, 6.45) is 2.91. The molecule has 19 heavy (non-hydrogen) atoms. The molecule has 1 aromatic carbocycles. The van der Waals surface area contributed by atoms with Crippen molar-refractivity contribution < 1.29 is 4.79 Å². The molecule has 0 saturated heterocycles. The fraction of sp³-hybridized carbons (Fsp3) is 0.533. The average molecular weight is 281 g/mol. The lowest BCUT2D eigenvalue weighted by Crippen LogP contribution is -2.58. The van der Waals surface area contributed by atoms with Crippen molar-refractivity contribution in [1.82, 2.24) is 0 Å². The molecule has 3 nitrogen and oxygen atoms in total. The number of para-hydroxylation sites is 1. The lowest BCUT2D eigenvalue weighted by molar-refractivity contribution is -0.125. The number of nitrogens with two attached hydrogens (primary N) is 1. The van der Waals surface area contributed by atoms with E-state index in [4.69, 9.17) is 17.3 Å². The molecule has 0 spiro atoms. The minimum absolute atomic E-state index is 0.190. The molecule has 1 amide bonds. The quantitative estimate of drug-likeness (QED) is 0.891. The average Bonchev–Trinajstić information content (AvgIpc) is 2.37. The Balaban J connectivity index is 2.35. The van der Waals surface area contributed by atoms with Gasteiger partial charge in [0.1, 0.15) is 5.54 Å². The molecule has 0 aliphatic heterocycles. The molecule has 4 heteroatoms. The number of carbonyl (C=O) groups is 1. The van der Waals surface area contributed by atoms with Gasteiger partial charge in [0.15, 0.2) is 0 Å². The van der Waals surface area contributed by atoms with Gasteiger partial charge in [-0.2, -0.15) is 0 Å². The zero-order valence-electron chi connectivity index (χ0n) is 11.4. The lowest BCUT2D eigenvalue weighted by Gasteiger charge is -2.44. The molecule has 0 heterocycles. The SMILES string of the molecule is CC1CCCC(Nc2ccccc2Cl)(C(N)=O)C1C. The molecule has 104 valence electrons. The van der Waals surface area contributed by atoms with Gasteiger partial charge >= 0.3 is 0 Å². The van der Waals surface area contributed by atoms with Gasteiger partial charge in [-0.05, 0) is 30.4 Å². The molecule has 0 radical (unpaired) electrons. The number of nitrogens with one attached hydrogen (secondary N) is 1. The number of carbonyl (C=O) groups excluding carboxylic acids is 1. The smallest absolute Gasteiger partial charge is 0.243 e. The third-order valence-corrected chi connectivity index (χ3v) is 4.86. The molecule has 3 unspecified atom stereocenters. The normalized spacial score (nSPS) is 30.9.